The van der Waals surface area contributed by atoms with Gasteiger partial charge in [0.25, 0.3) is 5.91 Å². The second kappa shape index (κ2) is 12.2. The van der Waals surface area contributed by atoms with E-state index in [1.54, 1.807) is 54.7 Å². The van der Waals surface area contributed by atoms with Crippen molar-refractivity contribution in [2.75, 3.05) is 23.3 Å². The van der Waals surface area contributed by atoms with E-state index in [0.717, 1.165) is 5.56 Å². The standard InChI is InChI=1S/C23H19ClN4O3.C2HF3O2/c24-18-9-7-16(8-10-18)23(31)27-13-17-4-1-2-6-20(17)28(22(30)15-27)14-21(29)26-19-5-3-11-25-12-19;3-2(4,5)1(6)7/h1-12H,13-15H2,(H,26,29);(H,6,7). The summed E-state index contributed by atoms with van der Waals surface area (Å²) in [6.07, 6.45) is -1.95. The zero-order chi connectivity index (χ0) is 27.9. The summed E-state index contributed by atoms with van der Waals surface area (Å²) in [5, 5.41) is 10.4. The predicted molar refractivity (Wildman–Crippen MR) is 132 cm³/mol. The van der Waals surface area contributed by atoms with E-state index in [1.807, 2.05) is 12.1 Å². The Bertz CT molecular complexity index is 1320. The maximum Gasteiger partial charge on any atom is 0.490 e. The fourth-order valence-corrected chi connectivity index (χ4v) is 3.55. The van der Waals surface area contributed by atoms with Gasteiger partial charge in [-0.3, -0.25) is 19.4 Å². The number of carboxylic acid groups (broad SMARTS) is 1. The van der Waals surface area contributed by atoms with Crippen LogP contribution in [0.4, 0.5) is 24.5 Å². The topological polar surface area (TPSA) is 120 Å². The Labute approximate surface area is 219 Å². The van der Waals surface area contributed by atoms with Crippen molar-refractivity contribution < 1.29 is 37.5 Å². The number of amides is 3. The summed E-state index contributed by atoms with van der Waals surface area (Å²) in [6, 6.07) is 17.2. The second-order valence-corrected chi connectivity index (χ2v) is 8.31. The number of carbonyl (C=O) groups excluding carboxylic acids is 3. The van der Waals surface area contributed by atoms with E-state index in [-0.39, 0.29) is 37.4 Å². The Morgan fingerprint density at radius 3 is 2.26 bits per heavy atom. The van der Waals surface area contributed by atoms with Crippen LogP contribution < -0.4 is 10.2 Å². The first-order chi connectivity index (χ1) is 18.0. The number of carbonyl (C=O) groups is 4. The summed E-state index contributed by atoms with van der Waals surface area (Å²) in [5.41, 5.74) is 2.38. The number of aliphatic carboxylic acids is 1. The SMILES string of the molecule is O=C(CN1C(=O)CN(C(=O)c2ccc(Cl)cc2)Cc2ccccc21)Nc1cccnc1.O=C(O)C(F)(F)F. The molecule has 1 aromatic heterocycles. The number of aromatic nitrogens is 1. The number of alkyl halides is 3. The molecule has 0 fully saturated rings. The normalized spacial score (nSPS) is 13.0. The predicted octanol–water partition coefficient (Wildman–Crippen LogP) is 4.00. The molecule has 0 bridgehead atoms. The molecule has 0 saturated heterocycles. The van der Waals surface area contributed by atoms with E-state index in [9.17, 15) is 27.6 Å². The van der Waals surface area contributed by atoms with Crippen molar-refractivity contribution >= 4 is 46.7 Å². The average molecular weight is 549 g/mol. The molecule has 0 aliphatic carbocycles. The highest BCUT2D eigenvalue weighted by Crippen LogP contribution is 2.26. The monoisotopic (exact) mass is 548 g/mol. The van der Waals surface area contributed by atoms with Crippen molar-refractivity contribution in [1.29, 1.82) is 0 Å². The van der Waals surface area contributed by atoms with Crippen LogP contribution in [0.3, 0.4) is 0 Å². The van der Waals surface area contributed by atoms with Gasteiger partial charge in [0.2, 0.25) is 11.8 Å². The fraction of sp³-hybridized carbons (Fsp3) is 0.160. The molecule has 2 N–H and O–H groups in total. The molecule has 198 valence electrons. The molecule has 0 unspecified atom stereocenters. The summed E-state index contributed by atoms with van der Waals surface area (Å²) in [7, 11) is 0. The molecule has 2 heterocycles. The van der Waals surface area contributed by atoms with E-state index in [0.29, 0.717) is 22.0 Å². The lowest BCUT2D eigenvalue weighted by atomic mass is 10.1. The number of benzene rings is 2. The third kappa shape index (κ3) is 7.53. The Morgan fingerprint density at radius 1 is 1.00 bits per heavy atom. The molecule has 3 aromatic rings. The summed E-state index contributed by atoms with van der Waals surface area (Å²) in [4.78, 5) is 54.4. The minimum atomic E-state index is -5.08. The molecular formula is C25H20ClF3N4O5. The lowest BCUT2D eigenvalue weighted by Crippen LogP contribution is -2.43. The van der Waals surface area contributed by atoms with Crippen molar-refractivity contribution in [3.63, 3.8) is 0 Å². The molecular weight excluding hydrogens is 529 g/mol. The van der Waals surface area contributed by atoms with Crippen LogP contribution in [0.15, 0.2) is 73.1 Å². The molecule has 0 spiro atoms. The maximum absolute atomic E-state index is 13.1. The number of carboxylic acids is 1. The number of halogens is 4. The first kappa shape index (κ1) is 28.1. The molecule has 1 aliphatic rings. The summed E-state index contributed by atoms with van der Waals surface area (Å²) in [6.45, 7) is -0.0614. The fourth-order valence-electron chi connectivity index (χ4n) is 3.43. The van der Waals surface area contributed by atoms with E-state index in [4.69, 9.17) is 21.5 Å². The number of anilines is 2. The number of nitrogens with one attached hydrogen (secondary N) is 1. The molecule has 1 aliphatic heterocycles. The quantitative estimate of drug-likeness (QED) is 0.509. The molecule has 4 rings (SSSR count). The van der Waals surface area contributed by atoms with E-state index in [2.05, 4.69) is 10.3 Å². The Balaban J connectivity index is 0.000000505. The van der Waals surface area contributed by atoms with Crippen molar-refractivity contribution in [2.24, 2.45) is 0 Å². The molecule has 2 aromatic carbocycles. The molecule has 38 heavy (non-hydrogen) atoms. The highest BCUT2D eigenvalue weighted by molar-refractivity contribution is 6.30. The van der Waals surface area contributed by atoms with E-state index >= 15 is 0 Å². The van der Waals surface area contributed by atoms with Crippen molar-refractivity contribution in [2.45, 2.75) is 12.7 Å². The molecule has 13 heteroatoms. The Hall–Kier alpha value is -4.45. The Morgan fingerprint density at radius 2 is 1.66 bits per heavy atom. The summed E-state index contributed by atoms with van der Waals surface area (Å²) in [5.74, 6) is -3.73. The van der Waals surface area contributed by atoms with Gasteiger partial charge in [-0.1, -0.05) is 29.8 Å². The molecule has 0 radical (unpaired) electrons. The number of rotatable bonds is 4. The first-order valence-electron chi connectivity index (χ1n) is 10.9. The first-order valence-corrected chi connectivity index (χ1v) is 11.3. The van der Waals surface area contributed by atoms with Crippen LogP contribution in [0.1, 0.15) is 15.9 Å². The number of nitrogens with zero attached hydrogens (tertiary/aromatic N) is 3. The van der Waals surface area contributed by atoms with Crippen LogP contribution in [0.25, 0.3) is 0 Å². The van der Waals surface area contributed by atoms with Gasteiger partial charge in [-0.05, 0) is 48.0 Å². The van der Waals surface area contributed by atoms with E-state index < -0.39 is 12.1 Å². The number of hydrogen-bond acceptors (Lipinski definition) is 5. The summed E-state index contributed by atoms with van der Waals surface area (Å²) >= 11 is 5.92. The maximum atomic E-state index is 13.1. The number of fused-ring (bicyclic) bond motifs is 1. The van der Waals surface area contributed by atoms with Crippen molar-refractivity contribution in [1.82, 2.24) is 9.88 Å². The molecule has 0 saturated carbocycles. The van der Waals surface area contributed by atoms with Crippen LogP contribution >= 0.6 is 11.6 Å². The van der Waals surface area contributed by atoms with Gasteiger partial charge in [0.15, 0.2) is 0 Å². The third-order valence-electron chi connectivity index (χ3n) is 5.14. The van der Waals surface area contributed by atoms with Crippen LogP contribution in [0.5, 0.6) is 0 Å². The van der Waals surface area contributed by atoms with Crippen molar-refractivity contribution in [3.8, 4) is 0 Å². The highest BCUT2D eigenvalue weighted by atomic mass is 35.5. The number of para-hydroxylation sites is 1. The van der Waals surface area contributed by atoms with Gasteiger partial charge < -0.3 is 20.2 Å². The Kier molecular flexibility index (Phi) is 9.02. The van der Waals surface area contributed by atoms with E-state index in [1.165, 1.54) is 16.0 Å². The van der Waals surface area contributed by atoms with Gasteiger partial charge in [0.1, 0.15) is 13.1 Å². The largest absolute Gasteiger partial charge is 0.490 e. The van der Waals surface area contributed by atoms with Crippen LogP contribution in [0.2, 0.25) is 5.02 Å². The molecule has 0 atom stereocenters. The number of pyridine rings is 1. The van der Waals surface area contributed by atoms with Gasteiger partial charge in [-0.25, -0.2) is 4.79 Å². The second-order valence-electron chi connectivity index (χ2n) is 7.87. The molecule has 3 amide bonds. The minimum Gasteiger partial charge on any atom is -0.475 e. The average Bonchev–Trinajstić information content (AvgIpc) is 3.01. The zero-order valence-corrected chi connectivity index (χ0v) is 20.2. The lowest BCUT2D eigenvalue weighted by Gasteiger charge is -2.22. The third-order valence-corrected chi connectivity index (χ3v) is 5.39. The van der Waals surface area contributed by atoms with Crippen LogP contribution in [-0.2, 0) is 20.9 Å². The van der Waals surface area contributed by atoms with Gasteiger partial charge in [-0.2, -0.15) is 13.2 Å². The lowest BCUT2D eigenvalue weighted by molar-refractivity contribution is -0.192. The van der Waals surface area contributed by atoms with Gasteiger partial charge in [0.05, 0.1) is 11.9 Å². The molecule has 9 nitrogen and oxygen atoms in total. The minimum absolute atomic E-state index is 0.143. The smallest absolute Gasteiger partial charge is 0.475 e. The zero-order valence-electron chi connectivity index (χ0n) is 19.5. The number of hydrogen-bond donors (Lipinski definition) is 2. The van der Waals surface area contributed by atoms with Crippen molar-refractivity contribution in [3.05, 3.63) is 89.2 Å². The van der Waals surface area contributed by atoms with Gasteiger partial charge in [-0.15, -0.1) is 0 Å². The highest BCUT2D eigenvalue weighted by Gasteiger charge is 2.38. The van der Waals surface area contributed by atoms with Gasteiger partial charge in [0, 0.05) is 29.0 Å². The van der Waals surface area contributed by atoms with Crippen LogP contribution in [-0.4, -0.2) is 57.9 Å². The van der Waals surface area contributed by atoms with Gasteiger partial charge >= 0.3 is 12.1 Å². The summed E-state index contributed by atoms with van der Waals surface area (Å²) < 4.78 is 31.7. The van der Waals surface area contributed by atoms with Crippen LogP contribution in [0, 0.1) is 0 Å².